The molecule has 0 unspecified atom stereocenters. The monoisotopic (exact) mass is 279 g/mol. The Balaban J connectivity index is 2.16. The van der Waals surface area contributed by atoms with Gasteiger partial charge < -0.3 is 0 Å². The van der Waals surface area contributed by atoms with E-state index in [1.165, 1.54) is 6.07 Å². The van der Waals surface area contributed by atoms with Crippen LogP contribution in [0.15, 0.2) is 18.2 Å². The Morgan fingerprint density at radius 2 is 1.89 bits per heavy atom. The van der Waals surface area contributed by atoms with Crippen LogP contribution in [-0.2, 0) is 6.42 Å². The molecule has 0 spiro atoms. The first-order valence-corrected chi connectivity index (χ1v) is 7.09. The van der Waals surface area contributed by atoms with E-state index >= 15 is 0 Å². The summed E-state index contributed by atoms with van der Waals surface area (Å²) < 4.78 is 13.5. The number of halogens is 2. The summed E-state index contributed by atoms with van der Waals surface area (Å²) in [5.41, 5.74) is 0.852. The second-order valence-electron chi connectivity index (χ2n) is 6.48. The molecule has 1 fully saturated rings. The Labute approximate surface area is 119 Å². The maximum Gasteiger partial charge on any atom is 0.142 e. The summed E-state index contributed by atoms with van der Waals surface area (Å²) in [6.45, 7) is 4.49. The Hall–Kier alpha value is -1.07. The van der Waals surface area contributed by atoms with Gasteiger partial charge in [-0.1, -0.05) is 31.5 Å². The highest BCUT2D eigenvalue weighted by Gasteiger charge is 2.38. The van der Waals surface area contributed by atoms with Gasteiger partial charge in [0.2, 0.25) is 0 Å². The summed E-state index contributed by atoms with van der Waals surface area (Å²) in [4.78, 5) is 0. The molecular formula is C16H19ClFN. The van der Waals surface area contributed by atoms with Crippen LogP contribution in [0.25, 0.3) is 0 Å². The molecule has 19 heavy (non-hydrogen) atoms. The lowest BCUT2D eigenvalue weighted by Crippen LogP contribution is -2.31. The summed E-state index contributed by atoms with van der Waals surface area (Å²) in [6.07, 6.45) is 4.50. The third kappa shape index (κ3) is 3.28. The van der Waals surface area contributed by atoms with Crippen LogP contribution >= 0.6 is 11.6 Å². The summed E-state index contributed by atoms with van der Waals surface area (Å²) in [7, 11) is 0. The zero-order valence-electron chi connectivity index (χ0n) is 11.5. The van der Waals surface area contributed by atoms with E-state index in [0.717, 1.165) is 31.2 Å². The van der Waals surface area contributed by atoms with E-state index in [-0.39, 0.29) is 10.4 Å². The molecule has 0 radical (unpaired) electrons. The molecule has 0 saturated heterocycles. The standard InChI is InChI=1S/C16H19ClFN/c1-15(2)5-7-16(11-19,8-6-15)10-12-3-4-13(17)14(18)9-12/h3-4,9H,5-8,10H2,1-2H3. The number of benzene rings is 1. The van der Waals surface area contributed by atoms with Crippen molar-refractivity contribution in [1.82, 2.24) is 0 Å². The SMILES string of the molecule is CC1(C)CCC(C#N)(Cc2ccc(Cl)c(F)c2)CC1. The number of nitriles is 1. The van der Waals surface area contributed by atoms with E-state index in [1.54, 1.807) is 6.07 Å². The molecule has 1 aromatic rings. The first kappa shape index (κ1) is 14.3. The Morgan fingerprint density at radius 1 is 1.26 bits per heavy atom. The van der Waals surface area contributed by atoms with E-state index < -0.39 is 5.82 Å². The van der Waals surface area contributed by atoms with Crippen LogP contribution in [0, 0.1) is 28.0 Å². The van der Waals surface area contributed by atoms with Gasteiger partial charge in [-0.2, -0.15) is 5.26 Å². The van der Waals surface area contributed by atoms with Crippen LogP contribution in [0.1, 0.15) is 45.1 Å². The minimum Gasteiger partial charge on any atom is -0.205 e. The van der Waals surface area contributed by atoms with Crippen molar-refractivity contribution in [1.29, 1.82) is 5.26 Å². The topological polar surface area (TPSA) is 23.8 Å². The molecule has 2 rings (SSSR count). The van der Waals surface area contributed by atoms with Gasteiger partial charge in [0.05, 0.1) is 16.5 Å². The van der Waals surface area contributed by atoms with E-state index in [4.69, 9.17) is 11.6 Å². The number of rotatable bonds is 2. The number of nitrogens with zero attached hydrogens (tertiary/aromatic N) is 1. The molecule has 0 atom stereocenters. The number of hydrogen-bond donors (Lipinski definition) is 0. The average Bonchev–Trinajstić information content (AvgIpc) is 2.37. The fraction of sp³-hybridized carbons (Fsp3) is 0.562. The minimum absolute atomic E-state index is 0.138. The van der Waals surface area contributed by atoms with Gasteiger partial charge >= 0.3 is 0 Å². The quantitative estimate of drug-likeness (QED) is 0.736. The van der Waals surface area contributed by atoms with E-state index in [2.05, 4.69) is 19.9 Å². The van der Waals surface area contributed by atoms with Crippen LogP contribution in [0.5, 0.6) is 0 Å². The summed E-state index contributed by atoms with van der Waals surface area (Å²) in [5.74, 6) is -0.400. The van der Waals surface area contributed by atoms with Crippen molar-refractivity contribution < 1.29 is 4.39 Å². The van der Waals surface area contributed by atoms with Gasteiger partial charge in [0, 0.05) is 0 Å². The molecule has 0 aromatic heterocycles. The average molecular weight is 280 g/mol. The first-order chi connectivity index (χ1) is 8.86. The maximum absolute atomic E-state index is 13.5. The fourth-order valence-corrected chi connectivity index (χ4v) is 2.89. The zero-order valence-corrected chi connectivity index (χ0v) is 12.2. The fourth-order valence-electron chi connectivity index (χ4n) is 2.77. The molecule has 3 heteroatoms. The van der Waals surface area contributed by atoms with E-state index in [0.29, 0.717) is 11.8 Å². The second-order valence-corrected chi connectivity index (χ2v) is 6.89. The highest BCUT2D eigenvalue weighted by atomic mass is 35.5. The molecule has 1 aliphatic carbocycles. The Bertz CT molecular complexity index is 506. The summed E-state index contributed by atoms with van der Waals surface area (Å²) in [6, 6.07) is 7.34. The predicted octanol–water partition coefficient (Wildman–Crippen LogP) is 5.13. The third-order valence-electron chi connectivity index (χ3n) is 4.32. The molecule has 0 aliphatic heterocycles. The lowest BCUT2D eigenvalue weighted by atomic mass is 9.64. The maximum atomic E-state index is 13.5. The van der Waals surface area contributed by atoms with Crippen molar-refractivity contribution in [2.75, 3.05) is 0 Å². The van der Waals surface area contributed by atoms with Crippen LogP contribution in [0.2, 0.25) is 5.02 Å². The molecule has 0 heterocycles. The van der Waals surface area contributed by atoms with Crippen molar-refractivity contribution in [2.24, 2.45) is 10.8 Å². The van der Waals surface area contributed by atoms with Crippen LogP contribution in [-0.4, -0.2) is 0 Å². The van der Waals surface area contributed by atoms with Crippen molar-refractivity contribution in [3.05, 3.63) is 34.6 Å². The van der Waals surface area contributed by atoms with Crippen LogP contribution in [0.4, 0.5) is 4.39 Å². The summed E-state index contributed by atoms with van der Waals surface area (Å²) >= 11 is 5.69. The highest BCUT2D eigenvalue weighted by Crippen LogP contribution is 2.46. The lowest BCUT2D eigenvalue weighted by molar-refractivity contribution is 0.146. The Morgan fingerprint density at radius 3 is 2.42 bits per heavy atom. The van der Waals surface area contributed by atoms with Gasteiger partial charge in [-0.3, -0.25) is 0 Å². The lowest BCUT2D eigenvalue weighted by Gasteiger charge is -2.39. The van der Waals surface area contributed by atoms with Gasteiger partial charge in [-0.15, -0.1) is 0 Å². The molecule has 1 aliphatic rings. The van der Waals surface area contributed by atoms with Crippen molar-refractivity contribution in [3.8, 4) is 6.07 Å². The molecular weight excluding hydrogens is 261 g/mol. The third-order valence-corrected chi connectivity index (χ3v) is 4.63. The van der Waals surface area contributed by atoms with Gasteiger partial charge in [0.25, 0.3) is 0 Å². The largest absolute Gasteiger partial charge is 0.205 e. The molecule has 1 saturated carbocycles. The van der Waals surface area contributed by atoms with Gasteiger partial charge in [-0.05, 0) is 55.2 Å². The molecule has 0 N–H and O–H groups in total. The van der Waals surface area contributed by atoms with Crippen molar-refractivity contribution in [2.45, 2.75) is 46.0 Å². The smallest absolute Gasteiger partial charge is 0.142 e. The highest BCUT2D eigenvalue weighted by molar-refractivity contribution is 6.30. The zero-order chi connectivity index (χ0) is 14.1. The summed E-state index contributed by atoms with van der Waals surface area (Å²) in [5, 5.41) is 9.67. The van der Waals surface area contributed by atoms with Gasteiger partial charge in [0.1, 0.15) is 5.82 Å². The van der Waals surface area contributed by atoms with E-state index in [1.807, 2.05) is 6.07 Å². The second kappa shape index (κ2) is 5.13. The Kier molecular flexibility index (Phi) is 3.87. The van der Waals surface area contributed by atoms with Gasteiger partial charge in [-0.25, -0.2) is 4.39 Å². The van der Waals surface area contributed by atoms with Crippen molar-refractivity contribution in [3.63, 3.8) is 0 Å². The molecule has 1 aromatic carbocycles. The number of hydrogen-bond acceptors (Lipinski definition) is 1. The van der Waals surface area contributed by atoms with Crippen molar-refractivity contribution >= 4 is 11.6 Å². The van der Waals surface area contributed by atoms with Crippen LogP contribution in [0.3, 0.4) is 0 Å². The van der Waals surface area contributed by atoms with Gasteiger partial charge in [0.15, 0.2) is 0 Å². The first-order valence-electron chi connectivity index (χ1n) is 6.71. The normalized spacial score (nSPS) is 20.8. The molecule has 0 bridgehead atoms. The van der Waals surface area contributed by atoms with E-state index in [9.17, 15) is 9.65 Å². The molecule has 102 valence electrons. The molecule has 0 amide bonds. The minimum atomic E-state index is -0.400. The molecule has 1 nitrogen and oxygen atoms in total. The predicted molar refractivity (Wildman–Crippen MR) is 75.4 cm³/mol. The van der Waals surface area contributed by atoms with Crippen LogP contribution < -0.4 is 0 Å².